The molecule has 2 rings (SSSR count). The van der Waals surface area contributed by atoms with Crippen LogP contribution in [-0.2, 0) is 11.8 Å². The van der Waals surface area contributed by atoms with Crippen molar-refractivity contribution in [2.24, 2.45) is 18.7 Å². The van der Waals surface area contributed by atoms with Crippen molar-refractivity contribution in [1.29, 1.82) is 0 Å². The number of carbonyl (C=O) groups excluding carboxylic acids is 1. The Morgan fingerprint density at radius 1 is 1.38 bits per heavy atom. The number of amides is 1. The molecule has 6 nitrogen and oxygen atoms in total. The van der Waals surface area contributed by atoms with Gasteiger partial charge in [0.05, 0.1) is 11.7 Å². The summed E-state index contributed by atoms with van der Waals surface area (Å²) in [4.78, 5) is 12.2. The third-order valence-corrected chi connectivity index (χ3v) is 3.20. The summed E-state index contributed by atoms with van der Waals surface area (Å²) in [5, 5.41) is 10.8. The highest BCUT2D eigenvalue weighted by atomic mass is 16.2. The molecule has 0 unspecified atom stereocenters. The minimum absolute atomic E-state index is 0.182. The first-order chi connectivity index (χ1) is 9.99. The van der Waals surface area contributed by atoms with E-state index in [-0.39, 0.29) is 5.91 Å². The van der Waals surface area contributed by atoms with Crippen LogP contribution in [0, 0.1) is 5.92 Å². The fourth-order valence-electron chi connectivity index (χ4n) is 2.15. The number of anilines is 1. The summed E-state index contributed by atoms with van der Waals surface area (Å²) in [6.45, 7) is 4.08. The molecule has 0 radical (unpaired) electrons. The summed E-state index contributed by atoms with van der Waals surface area (Å²) in [6.07, 6.45) is 2.27. The Hall–Kier alpha value is -2.21. The van der Waals surface area contributed by atoms with E-state index in [9.17, 15) is 4.79 Å². The molecule has 1 atom stereocenters. The third kappa shape index (κ3) is 3.66. The van der Waals surface area contributed by atoms with Crippen molar-refractivity contribution in [3.8, 4) is 11.4 Å². The van der Waals surface area contributed by atoms with Crippen molar-refractivity contribution < 1.29 is 4.79 Å². The molecule has 6 heteroatoms. The molecule has 0 aliphatic heterocycles. The van der Waals surface area contributed by atoms with Gasteiger partial charge >= 0.3 is 0 Å². The standard InChI is InChI=1S/C15H21N5O/c1-10(2)8-12(16)15(21)18-13-7-5-4-6-11(13)14-19-17-9-20(14)3/h4-7,9-10,12H,8,16H2,1-3H3,(H,18,21)/t12-/m0/s1. The molecule has 1 heterocycles. The number of aromatic nitrogens is 3. The lowest BCUT2D eigenvalue weighted by atomic mass is 10.0. The van der Waals surface area contributed by atoms with Gasteiger partial charge in [-0.2, -0.15) is 0 Å². The fraction of sp³-hybridized carbons (Fsp3) is 0.400. The molecule has 112 valence electrons. The summed E-state index contributed by atoms with van der Waals surface area (Å²) in [7, 11) is 1.86. The highest BCUT2D eigenvalue weighted by Crippen LogP contribution is 2.25. The van der Waals surface area contributed by atoms with Crippen LogP contribution in [0.5, 0.6) is 0 Å². The van der Waals surface area contributed by atoms with Gasteiger partial charge in [-0.1, -0.05) is 26.0 Å². The first-order valence-corrected chi connectivity index (χ1v) is 6.99. The molecule has 0 fully saturated rings. The van der Waals surface area contributed by atoms with Crippen molar-refractivity contribution in [2.75, 3.05) is 5.32 Å². The number of carbonyl (C=O) groups is 1. The summed E-state index contributed by atoms with van der Waals surface area (Å²) in [5.41, 5.74) is 7.43. The molecule has 0 saturated carbocycles. The van der Waals surface area contributed by atoms with E-state index in [0.29, 0.717) is 23.9 Å². The molecular weight excluding hydrogens is 266 g/mol. The molecule has 21 heavy (non-hydrogen) atoms. The number of nitrogens with one attached hydrogen (secondary N) is 1. The van der Waals surface area contributed by atoms with Gasteiger partial charge in [-0.05, 0) is 24.5 Å². The van der Waals surface area contributed by atoms with Crippen molar-refractivity contribution >= 4 is 11.6 Å². The number of hydrogen-bond donors (Lipinski definition) is 2. The SMILES string of the molecule is CC(C)C[C@H](N)C(=O)Nc1ccccc1-c1nncn1C. The van der Waals surface area contributed by atoms with Gasteiger partial charge in [0, 0.05) is 12.6 Å². The molecule has 0 spiro atoms. The molecule has 0 bridgehead atoms. The molecule has 0 saturated heterocycles. The lowest BCUT2D eigenvalue weighted by Gasteiger charge is -2.16. The van der Waals surface area contributed by atoms with Crippen LogP contribution >= 0.6 is 0 Å². The molecule has 1 aromatic carbocycles. The molecular formula is C15H21N5O. The second-order valence-electron chi connectivity index (χ2n) is 5.54. The zero-order valence-corrected chi connectivity index (χ0v) is 12.6. The number of hydrogen-bond acceptors (Lipinski definition) is 4. The quantitative estimate of drug-likeness (QED) is 0.878. The maximum Gasteiger partial charge on any atom is 0.241 e. The predicted octanol–water partition coefficient (Wildman–Crippen LogP) is 1.79. The fourth-order valence-corrected chi connectivity index (χ4v) is 2.15. The third-order valence-electron chi connectivity index (χ3n) is 3.20. The number of aryl methyl sites for hydroxylation is 1. The van der Waals surface area contributed by atoms with E-state index in [1.807, 2.05) is 45.2 Å². The van der Waals surface area contributed by atoms with Crippen molar-refractivity contribution in [2.45, 2.75) is 26.3 Å². The van der Waals surface area contributed by atoms with Crippen LogP contribution in [0.1, 0.15) is 20.3 Å². The van der Waals surface area contributed by atoms with Gasteiger partial charge in [-0.25, -0.2) is 0 Å². The number of benzene rings is 1. The van der Waals surface area contributed by atoms with Gasteiger partial charge < -0.3 is 15.6 Å². The Kier molecular flexibility index (Phi) is 4.70. The maximum atomic E-state index is 12.2. The van der Waals surface area contributed by atoms with E-state index < -0.39 is 6.04 Å². The predicted molar refractivity (Wildman–Crippen MR) is 82.5 cm³/mol. The summed E-state index contributed by atoms with van der Waals surface area (Å²) >= 11 is 0. The topological polar surface area (TPSA) is 85.8 Å². The van der Waals surface area contributed by atoms with Crippen molar-refractivity contribution in [3.05, 3.63) is 30.6 Å². The van der Waals surface area contributed by atoms with E-state index >= 15 is 0 Å². The average molecular weight is 287 g/mol. The Labute approximate surface area is 124 Å². The second-order valence-corrected chi connectivity index (χ2v) is 5.54. The van der Waals surface area contributed by atoms with Crippen LogP contribution in [0.4, 0.5) is 5.69 Å². The number of nitrogens with two attached hydrogens (primary N) is 1. The van der Waals surface area contributed by atoms with Crippen LogP contribution in [0.15, 0.2) is 30.6 Å². The minimum atomic E-state index is -0.516. The molecule has 0 aliphatic rings. The Morgan fingerprint density at radius 2 is 2.10 bits per heavy atom. The second kappa shape index (κ2) is 6.49. The van der Waals surface area contributed by atoms with Crippen molar-refractivity contribution in [1.82, 2.24) is 14.8 Å². The van der Waals surface area contributed by atoms with Crippen LogP contribution in [-0.4, -0.2) is 26.7 Å². The number of para-hydroxylation sites is 1. The van der Waals surface area contributed by atoms with Gasteiger partial charge in [0.2, 0.25) is 5.91 Å². The Morgan fingerprint density at radius 3 is 2.71 bits per heavy atom. The number of nitrogens with zero attached hydrogens (tertiary/aromatic N) is 3. The van der Waals surface area contributed by atoms with E-state index in [0.717, 1.165) is 5.56 Å². The van der Waals surface area contributed by atoms with Crippen LogP contribution in [0.25, 0.3) is 11.4 Å². The Bertz CT molecular complexity index is 620. The van der Waals surface area contributed by atoms with Gasteiger partial charge in [0.25, 0.3) is 0 Å². The van der Waals surface area contributed by atoms with E-state index in [1.165, 1.54) is 0 Å². The lowest BCUT2D eigenvalue weighted by molar-refractivity contribution is -0.117. The molecule has 1 amide bonds. The maximum absolute atomic E-state index is 12.2. The van der Waals surface area contributed by atoms with Crippen LogP contribution < -0.4 is 11.1 Å². The monoisotopic (exact) mass is 287 g/mol. The molecule has 0 aliphatic carbocycles. The Balaban J connectivity index is 2.22. The summed E-state index contributed by atoms with van der Waals surface area (Å²) in [5.74, 6) is 0.890. The van der Waals surface area contributed by atoms with Gasteiger partial charge in [-0.3, -0.25) is 4.79 Å². The first kappa shape index (κ1) is 15.2. The molecule has 2 aromatic rings. The molecule has 1 aromatic heterocycles. The summed E-state index contributed by atoms with van der Waals surface area (Å²) in [6, 6.07) is 6.98. The minimum Gasteiger partial charge on any atom is -0.324 e. The highest BCUT2D eigenvalue weighted by molar-refractivity contribution is 5.97. The number of rotatable bonds is 5. The van der Waals surface area contributed by atoms with Gasteiger partial charge in [-0.15, -0.1) is 10.2 Å². The summed E-state index contributed by atoms with van der Waals surface area (Å²) < 4.78 is 1.80. The van der Waals surface area contributed by atoms with E-state index in [4.69, 9.17) is 5.73 Å². The van der Waals surface area contributed by atoms with E-state index in [2.05, 4.69) is 15.5 Å². The highest BCUT2D eigenvalue weighted by Gasteiger charge is 2.17. The smallest absolute Gasteiger partial charge is 0.241 e. The van der Waals surface area contributed by atoms with Crippen LogP contribution in [0.2, 0.25) is 0 Å². The normalized spacial score (nSPS) is 12.4. The van der Waals surface area contributed by atoms with Crippen molar-refractivity contribution in [3.63, 3.8) is 0 Å². The van der Waals surface area contributed by atoms with Crippen LogP contribution in [0.3, 0.4) is 0 Å². The first-order valence-electron chi connectivity index (χ1n) is 6.99. The largest absolute Gasteiger partial charge is 0.324 e. The van der Waals surface area contributed by atoms with Gasteiger partial charge in [0.1, 0.15) is 6.33 Å². The van der Waals surface area contributed by atoms with E-state index in [1.54, 1.807) is 10.9 Å². The lowest BCUT2D eigenvalue weighted by Crippen LogP contribution is -2.36. The zero-order chi connectivity index (χ0) is 15.4. The van der Waals surface area contributed by atoms with Gasteiger partial charge in [0.15, 0.2) is 5.82 Å². The molecule has 3 N–H and O–H groups in total. The zero-order valence-electron chi connectivity index (χ0n) is 12.6. The average Bonchev–Trinajstić information content (AvgIpc) is 2.84.